The molecule has 1 aliphatic carbocycles. The number of hydrogen-bond donors (Lipinski definition) is 4. The van der Waals surface area contributed by atoms with Crippen molar-refractivity contribution in [2.75, 3.05) is 29.0 Å². The fraction of sp³-hybridized carbons (Fsp3) is 0.652. The third kappa shape index (κ3) is 7.31. The Kier molecular flexibility index (Phi) is 9.27. The molecule has 0 bridgehead atoms. The van der Waals surface area contributed by atoms with E-state index in [0.29, 0.717) is 5.95 Å². The molecule has 0 unspecified atom stereocenters. The van der Waals surface area contributed by atoms with Crippen LogP contribution >= 0.6 is 0 Å². The molecule has 0 amide bonds. The molecule has 31 heavy (non-hydrogen) atoms. The topological polar surface area (TPSA) is 108 Å². The molecular formula is C23H37N7O. The normalized spacial score (nSPS) is 18.5. The molecule has 170 valence electrons. The Bertz CT molecular complexity index is 793. The SMILES string of the molecule is CCCCCNc1cc(-c2cnc(NCCCC)nc2N[C@H]2CC[C@H](O)CC2)ncn1. The van der Waals surface area contributed by atoms with Crippen LogP contribution in [0.15, 0.2) is 18.6 Å². The number of aliphatic hydroxyl groups excluding tert-OH is 1. The van der Waals surface area contributed by atoms with Crippen molar-refractivity contribution in [1.29, 1.82) is 0 Å². The number of anilines is 3. The summed E-state index contributed by atoms with van der Waals surface area (Å²) in [5.74, 6) is 2.23. The number of hydrogen-bond acceptors (Lipinski definition) is 8. The van der Waals surface area contributed by atoms with Crippen molar-refractivity contribution in [1.82, 2.24) is 19.9 Å². The number of unbranched alkanes of at least 4 members (excludes halogenated alkanes) is 3. The van der Waals surface area contributed by atoms with Gasteiger partial charge in [0.15, 0.2) is 0 Å². The van der Waals surface area contributed by atoms with Gasteiger partial charge in [0, 0.05) is 31.4 Å². The molecule has 8 heteroatoms. The van der Waals surface area contributed by atoms with Crippen LogP contribution in [0.2, 0.25) is 0 Å². The van der Waals surface area contributed by atoms with Crippen LogP contribution in [0.4, 0.5) is 17.6 Å². The minimum Gasteiger partial charge on any atom is -0.393 e. The first-order valence-corrected chi connectivity index (χ1v) is 11.8. The molecule has 1 fully saturated rings. The Labute approximate surface area is 185 Å². The Morgan fingerprint density at radius 2 is 1.71 bits per heavy atom. The zero-order valence-electron chi connectivity index (χ0n) is 18.9. The standard InChI is InChI=1S/C23H37N7O/c1-3-5-7-13-24-21-14-20(27-16-28-21)19-15-26-23(25-12-6-4-2)30-22(19)29-17-8-10-18(31)11-9-17/h14-18,31H,3-13H2,1-2H3,(H,24,27,28)(H2,25,26,29,30)/t17-,18-. The molecular weight excluding hydrogens is 390 g/mol. The largest absolute Gasteiger partial charge is 0.393 e. The Morgan fingerprint density at radius 3 is 2.48 bits per heavy atom. The summed E-state index contributed by atoms with van der Waals surface area (Å²) >= 11 is 0. The van der Waals surface area contributed by atoms with Crippen LogP contribution in [0, 0.1) is 0 Å². The maximum atomic E-state index is 9.84. The highest BCUT2D eigenvalue weighted by Gasteiger charge is 2.21. The van der Waals surface area contributed by atoms with Crippen molar-refractivity contribution < 1.29 is 5.11 Å². The third-order valence-corrected chi connectivity index (χ3v) is 5.67. The lowest BCUT2D eigenvalue weighted by atomic mass is 9.93. The molecule has 1 aliphatic rings. The summed E-state index contributed by atoms with van der Waals surface area (Å²) < 4.78 is 0. The van der Waals surface area contributed by atoms with Crippen LogP contribution in [0.5, 0.6) is 0 Å². The Morgan fingerprint density at radius 1 is 0.935 bits per heavy atom. The molecule has 0 atom stereocenters. The van der Waals surface area contributed by atoms with Crippen LogP contribution in [0.3, 0.4) is 0 Å². The lowest BCUT2D eigenvalue weighted by Gasteiger charge is -2.27. The quantitative estimate of drug-likeness (QED) is 0.368. The molecule has 0 radical (unpaired) electrons. The Hall–Kier alpha value is -2.48. The van der Waals surface area contributed by atoms with Crippen LogP contribution < -0.4 is 16.0 Å². The molecule has 2 aromatic rings. The van der Waals surface area contributed by atoms with Crippen LogP contribution in [-0.2, 0) is 0 Å². The zero-order chi connectivity index (χ0) is 21.9. The van der Waals surface area contributed by atoms with E-state index in [1.54, 1.807) is 6.33 Å². The fourth-order valence-electron chi connectivity index (χ4n) is 3.75. The molecule has 3 rings (SSSR count). The third-order valence-electron chi connectivity index (χ3n) is 5.67. The summed E-state index contributed by atoms with van der Waals surface area (Å²) in [6, 6.07) is 2.25. The molecule has 0 aliphatic heterocycles. The molecule has 0 saturated heterocycles. The van der Waals surface area contributed by atoms with E-state index < -0.39 is 0 Å². The van der Waals surface area contributed by atoms with Crippen LogP contribution in [0.1, 0.15) is 71.6 Å². The van der Waals surface area contributed by atoms with E-state index in [2.05, 4.69) is 44.7 Å². The van der Waals surface area contributed by atoms with Gasteiger partial charge in [0.25, 0.3) is 0 Å². The van der Waals surface area contributed by atoms with Gasteiger partial charge in [-0.25, -0.2) is 15.0 Å². The van der Waals surface area contributed by atoms with Gasteiger partial charge in [-0.05, 0) is 38.5 Å². The number of rotatable bonds is 12. The van der Waals surface area contributed by atoms with Crippen LogP contribution in [-0.4, -0.2) is 50.3 Å². The predicted octanol–water partition coefficient (Wildman–Crippen LogP) is 4.46. The van der Waals surface area contributed by atoms with Crippen molar-refractivity contribution in [2.24, 2.45) is 0 Å². The van der Waals surface area contributed by atoms with Gasteiger partial charge in [-0.15, -0.1) is 0 Å². The van der Waals surface area contributed by atoms with E-state index in [1.807, 2.05) is 12.3 Å². The summed E-state index contributed by atoms with van der Waals surface area (Å²) in [6.45, 7) is 6.12. The average Bonchev–Trinajstić information content (AvgIpc) is 2.79. The number of aromatic nitrogens is 4. The van der Waals surface area contributed by atoms with E-state index in [4.69, 9.17) is 4.98 Å². The zero-order valence-corrected chi connectivity index (χ0v) is 18.9. The van der Waals surface area contributed by atoms with Crippen molar-refractivity contribution in [3.63, 3.8) is 0 Å². The van der Waals surface area contributed by atoms with Gasteiger partial charge >= 0.3 is 0 Å². The lowest BCUT2D eigenvalue weighted by Crippen LogP contribution is -2.29. The number of aliphatic hydroxyl groups is 1. The maximum absolute atomic E-state index is 9.84. The first kappa shape index (κ1) is 23.2. The van der Waals surface area contributed by atoms with Crippen molar-refractivity contribution in [3.8, 4) is 11.3 Å². The predicted molar refractivity (Wildman–Crippen MR) is 126 cm³/mol. The second-order valence-corrected chi connectivity index (χ2v) is 8.31. The molecule has 8 nitrogen and oxygen atoms in total. The molecule has 0 spiro atoms. The van der Waals surface area contributed by atoms with Gasteiger partial charge in [0.1, 0.15) is 18.0 Å². The smallest absolute Gasteiger partial charge is 0.224 e. The fourth-order valence-corrected chi connectivity index (χ4v) is 3.75. The highest BCUT2D eigenvalue weighted by Crippen LogP contribution is 2.29. The van der Waals surface area contributed by atoms with Gasteiger partial charge in [-0.3, -0.25) is 0 Å². The first-order valence-electron chi connectivity index (χ1n) is 11.8. The minimum absolute atomic E-state index is 0.183. The molecule has 0 aromatic carbocycles. The van der Waals surface area contributed by atoms with Crippen molar-refractivity contribution >= 4 is 17.6 Å². The average molecular weight is 428 g/mol. The summed E-state index contributed by atoms with van der Waals surface area (Å²) in [4.78, 5) is 18.2. The summed E-state index contributed by atoms with van der Waals surface area (Å²) in [7, 11) is 0. The molecule has 4 N–H and O–H groups in total. The van der Waals surface area contributed by atoms with E-state index >= 15 is 0 Å². The monoisotopic (exact) mass is 427 g/mol. The summed E-state index contributed by atoms with van der Waals surface area (Å²) in [6.07, 6.45) is 12.5. The highest BCUT2D eigenvalue weighted by atomic mass is 16.3. The van der Waals surface area contributed by atoms with E-state index in [9.17, 15) is 5.11 Å². The maximum Gasteiger partial charge on any atom is 0.224 e. The van der Waals surface area contributed by atoms with E-state index in [1.165, 1.54) is 12.8 Å². The minimum atomic E-state index is -0.183. The van der Waals surface area contributed by atoms with E-state index in [0.717, 1.165) is 80.9 Å². The first-order chi connectivity index (χ1) is 15.2. The summed E-state index contributed by atoms with van der Waals surface area (Å²) in [5, 5.41) is 20.1. The van der Waals surface area contributed by atoms with Gasteiger partial charge in [-0.2, -0.15) is 4.98 Å². The van der Waals surface area contributed by atoms with Gasteiger partial charge in [-0.1, -0.05) is 33.1 Å². The van der Waals surface area contributed by atoms with Gasteiger partial charge in [0.2, 0.25) is 5.95 Å². The molecule has 2 heterocycles. The molecule has 1 saturated carbocycles. The van der Waals surface area contributed by atoms with Gasteiger partial charge in [0.05, 0.1) is 17.4 Å². The van der Waals surface area contributed by atoms with Crippen molar-refractivity contribution in [3.05, 3.63) is 18.6 Å². The van der Waals surface area contributed by atoms with Crippen molar-refractivity contribution in [2.45, 2.75) is 83.8 Å². The summed E-state index contributed by atoms with van der Waals surface area (Å²) in [5.41, 5.74) is 1.66. The van der Waals surface area contributed by atoms with E-state index in [-0.39, 0.29) is 12.1 Å². The second-order valence-electron chi connectivity index (χ2n) is 8.31. The highest BCUT2D eigenvalue weighted by molar-refractivity contribution is 5.74. The second kappa shape index (κ2) is 12.4. The van der Waals surface area contributed by atoms with Gasteiger partial charge < -0.3 is 21.1 Å². The Balaban J connectivity index is 1.78. The van der Waals surface area contributed by atoms with Crippen LogP contribution in [0.25, 0.3) is 11.3 Å². The number of nitrogens with one attached hydrogen (secondary N) is 3. The lowest BCUT2D eigenvalue weighted by molar-refractivity contribution is 0.126. The number of nitrogens with zero attached hydrogens (tertiary/aromatic N) is 4. The molecule has 2 aromatic heterocycles.